The number of hydrogen-bond donors (Lipinski definition) is 0. The molecule has 0 N–H and O–H groups in total. The van der Waals surface area contributed by atoms with Crippen molar-refractivity contribution in [1.29, 1.82) is 0 Å². The molecule has 0 fully saturated rings. The first-order chi connectivity index (χ1) is 13.8. The lowest BCUT2D eigenvalue weighted by atomic mass is 9.70. The molecule has 1 aliphatic rings. The molecule has 0 unspecified atom stereocenters. The van der Waals surface area contributed by atoms with Crippen molar-refractivity contribution in [3.63, 3.8) is 0 Å². The summed E-state index contributed by atoms with van der Waals surface area (Å²) in [6, 6.07) is 0. The fourth-order valence-electron chi connectivity index (χ4n) is 4.36. The van der Waals surface area contributed by atoms with Gasteiger partial charge in [0.15, 0.2) is 11.3 Å². The van der Waals surface area contributed by atoms with E-state index in [9.17, 15) is 0 Å². The highest BCUT2D eigenvalue weighted by atomic mass is 35.5. The van der Waals surface area contributed by atoms with Crippen molar-refractivity contribution in [2.45, 2.75) is 53.4 Å². The molecule has 152 valence electrons. The summed E-state index contributed by atoms with van der Waals surface area (Å²) in [5.74, 6) is 1.27. The van der Waals surface area contributed by atoms with E-state index in [-0.39, 0.29) is 0 Å². The molecule has 0 saturated heterocycles. The van der Waals surface area contributed by atoms with E-state index < -0.39 is 0 Å². The van der Waals surface area contributed by atoms with Gasteiger partial charge in [-0.25, -0.2) is 14.5 Å². The van der Waals surface area contributed by atoms with Crippen LogP contribution in [0.15, 0.2) is 6.33 Å². The van der Waals surface area contributed by atoms with Gasteiger partial charge < -0.3 is 0 Å². The molecule has 0 saturated carbocycles. The summed E-state index contributed by atoms with van der Waals surface area (Å²) in [4.78, 5) is 12.1. The summed E-state index contributed by atoms with van der Waals surface area (Å²) < 4.78 is 3.53. The van der Waals surface area contributed by atoms with Crippen molar-refractivity contribution in [2.24, 2.45) is 18.4 Å². The Kier molecular flexibility index (Phi) is 4.26. The molecule has 0 radical (unpaired) electrons. The molecule has 6 nitrogen and oxygen atoms in total. The zero-order chi connectivity index (χ0) is 20.5. The summed E-state index contributed by atoms with van der Waals surface area (Å²) in [7, 11) is 1.88. The topological polar surface area (TPSA) is 60.9 Å². The number of rotatable bonds is 3. The Labute approximate surface area is 178 Å². The molecule has 1 atom stereocenters. The van der Waals surface area contributed by atoms with E-state index in [1.54, 1.807) is 15.5 Å². The van der Waals surface area contributed by atoms with Gasteiger partial charge in [0.05, 0.1) is 16.1 Å². The Bertz CT molecular complexity index is 1250. The van der Waals surface area contributed by atoms with Crippen LogP contribution >= 0.6 is 22.9 Å². The molecule has 29 heavy (non-hydrogen) atoms. The molecular weight excluding hydrogens is 404 g/mol. The average molecular weight is 429 g/mol. The summed E-state index contributed by atoms with van der Waals surface area (Å²) in [6.45, 7) is 9.04. The predicted octanol–water partition coefficient (Wildman–Crippen LogP) is 5.24. The van der Waals surface area contributed by atoms with Gasteiger partial charge in [0.1, 0.15) is 11.2 Å². The molecule has 0 amide bonds. The standard InChI is InChI=1S/C21H25ClN6S/c1-6-21(3,4)12-7-8-13-14(9-12)29-20-15(13)19-24-18(26-28(19)10-23-20)17-16(22)11(2)27(5)25-17/h10,12H,6-9H2,1-5H3/t12-/m1/s1. The Morgan fingerprint density at radius 2 is 2.10 bits per heavy atom. The number of aromatic nitrogens is 6. The van der Waals surface area contributed by atoms with Crippen molar-refractivity contribution in [2.75, 3.05) is 0 Å². The first-order valence-corrected chi connectivity index (χ1v) is 11.3. The van der Waals surface area contributed by atoms with Crippen LogP contribution in [0, 0.1) is 18.3 Å². The lowest BCUT2D eigenvalue weighted by Crippen LogP contribution is -2.28. The third kappa shape index (κ3) is 2.81. The van der Waals surface area contributed by atoms with Gasteiger partial charge in [0.2, 0.25) is 5.82 Å². The number of aryl methyl sites for hydroxylation is 2. The first kappa shape index (κ1) is 19.0. The van der Waals surface area contributed by atoms with Gasteiger partial charge in [-0.15, -0.1) is 16.4 Å². The van der Waals surface area contributed by atoms with Crippen molar-refractivity contribution in [1.82, 2.24) is 29.4 Å². The van der Waals surface area contributed by atoms with Gasteiger partial charge in [-0.05, 0) is 43.1 Å². The molecule has 8 heteroatoms. The van der Waals surface area contributed by atoms with Crippen LogP contribution in [-0.4, -0.2) is 29.4 Å². The van der Waals surface area contributed by atoms with Crippen LogP contribution in [0.4, 0.5) is 0 Å². The number of halogens is 1. The van der Waals surface area contributed by atoms with Crippen LogP contribution in [0.3, 0.4) is 0 Å². The molecule has 5 rings (SSSR count). The highest BCUT2D eigenvalue weighted by Crippen LogP contribution is 2.45. The van der Waals surface area contributed by atoms with E-state index in [1.807, 2.05) is 25.3 Å². The second-order valence-electron chi connectivity index (χ2n) is 8.79. The summed E-state index contributed by atoms with van der Waals surface area (Å²) >= 11 is 8.30. The van der Waals surface area contributed by atoms with E-state index in [0.29, 0.717) is 27.9 Å². The number of thiophene rings is 1. The fourth-order valence-corrected chi connectivity index (χ4v) is 5.86. The normalized spacial score (nSPS) is 17.4. The summed E-state index contributed by atoms with van der Waals surface area (Å²) in [5.41, 5.74) is 4.16. The Hall–Kier alpha value is -1.99. The number of hydrogen-bond acceptors (Lipinski definition) is 5. The lowest BCUT2D eigenvalue weighted by molar-refractivity contribution is 0.184. The van der Waals surface area contributed by atoms with Crippen LogP contribution in [0.25, 0.3) is 27.4 Å². The van der Waals surface area contributed by atoms with Crippen molar-refractivity contribution < 1.29 is 0 Å². The second-order valence-corrected chi connectivity index (χ2v) is 10.2. The Morgan fingerprint density at radius 1 is 1.31 bits per heavy atom. The van der Waals surface area contributed by atoms with E-state index in [4.69, 9.17) is 21.6 Å². The zero-order valence-corrected chi connectivity index (χ0v) is 19.0. The highest BCUT2D eigenvalue weighted by Gasteiger charge is 2.33. The van der Waals surface area contributed by atoms with E-state index in [0.717, 1.165) is 34.4 Å². The monoisotopic (exact) mass is 428 g/mol. The van der Waals surface area contributed by atoms with Crippen molar-refractivity contribution in [3.8, 4) is 11.5 Å². The summed E-state index contributed by atoms with van der Waals surface area (Å²) in [6.07, 6.45) is 6.39. The second kappa shape index (κ2) is 6.51. The van der Waals surface area contributed by atoms with E-state index >= 15 is 0 Å². The molecule has 1 aliphatic carbocycles. The largest absolute Gasteiger partial charge is 0.271 e. The Balaban J connectivity index is 1.65. The van der Waals surface area contributed by atoms with Gasteiger partial charge in [-0.3, -0.25) is 4.68 Å². The molecule has 4 aromatic rings. The molecule has 0 spiro atoms. The van der Waals surface area contributed by atoms with Crippen LogP contribution < -0.4 is 0 Å². The van der Waals surface area contributed by atoms with Crippen molar-refractivity contribution >= 4 is 38.8 Å². The molecule has 4 heterocycles. The molecule has 0 aromatic carbocycles. The maximum atomic E-state index is 6.47. The van der Waals surface area contributed by atoms with Crippen LogP contribution in [0.5, 0.6) is 0 Å². The smallest absolute Gasteiger partial charge is 0.204 e. The number of fused-ring (bicyclic) bond motifs is 5. The maximum Gasteiger partial charge on any atom is 0.204 e. The number of nitrogens with zero attached hydrogens (tertiary/aromatic N) is 6. The van der Waals surface area contributed by atoms with Gasteiger partial charge in [0, 0.05) is 11.9 Å². The quantitative estimate of drug-likeness (QED) is 0.447. The first-order valence-electron chi connectivity index (χ1n) is 10.1. The SMILES string of the molecule is CCC(C)(C)[C@@H]1CCc2c(sc3ncn4nc(-c5nn(C)c(C)c5Cl)nc4c23)C1. The lowest BCUT2D eigenvalue weighted by Gasteiger charge is -2.36. The highest BCUT2D eigenvalue weighted by molar-refractivity contribution is 7.19. The van der Waals surface area contributed by atoms with Gasteiger partial charge in [0.25, 0.3) is 0 Å². The van der Waals surface area contributed by atoms with Gasteiger partial charge >= 0.3 is 0 Å². The maximum absolute atomic E-state index is 6.47. The van der Waals surface area contributed by atoms with Crippen LogP contribution in [0.2, 0.25) is 5.02 Å². The third-order valence-corrected chi connectivity index (χ3v) is 8.49. The molecule has 0 bridgehead atoms. The van der Waals surface area contributed by atoms with Crippen LogP contribution in [0.1, 0.15) is 49.7 Å². The minimum atomic E-state index is 0.367. The van der Waals surface area contributed by atoms with E-state index in [2.05, 4.69) is 31.0 Å². The zero-order valence-electron chi connectivity index (χ0n) is 17.5. The van der Waals surface area contributed by atoms with Crippen LogP contribution in [-0.2, 0) is 19.9 Å². The third-order valence-electron chi connectivity index (χ3n) is 6.88. The Morgan fingerprint density at radius 3 is 2.79 bits per heavy atom. The van der Waals surface area contributed by atoms with Gasteiger partial charge in [-0.1, -0.05) is 38.8 Å². The van der Waals surface area contributed by atoms with E-state index in [1.165, 1.54) is 23.3 Å². The minimum absolute atomic E-state index is 0.367. The van der Waals surface area contributed by atoms with Gasteiger partial charge in [-0.2, -0.15) is 5.10 Å². The fraction of sp³-hybridized carbons (Fsp3) is 0.524. The predicted molar refractivity (Wildman–Crippen MR) is 118 cm³/mol. The minimum Gasteiger partial charge on any atom is -0.271 e. The molecule has 4 aromatic heterocycles. The molecule has 0 aliphatic heterocycles. The average Bonchev–Trinajstić information content (AvgIpc) is 3.36. The van der Waals surface area contributed by atoms with Crippen molar-refractivity contribution in [3.05, 3.63) is 27.5 Å². The molecular formula is C21H25ClN6S. The summed E-state index contributed by atoms with van der Waals surface area (Å²) in [5, 5.41) is 10.9.